The normalized spacial score (nSPS) is 10.6. The zero-order valence-electron chi connectivity index (χ0n) is 15.0. The summed E-state index contributed by atoms with van der Waals surface area (Å²) in [6.45, 7) is 6.54. The van der Waals surface area contributed by atoms with Gasteiger partial charge < -0.3 is 10.6 Å². The molecular formula is C20H21FN4S. The van der Waals surface area contributed by atoms with Crippen molar-refractivity contribution in [3.8, 4) is 0 Å². The molecule has 0 fully saturated rings. The second-order valence-electron chi connectivity index (χ2n) is 6.28. The molecule has 0 radical (unpaired) electrons. The Balaban J connectivity index is 1.71. The molecule has 0 aliphatic rings. The molecule has 0 bridgehead atoms. The molecule has 1 aromatic heterocycles. The second-order valence-corrected chi connectivity index (χ2v) is 6.68. The van der Waals surface area contributed by atoms with Crippen LogP contribution >= 0.6 is 12.2 Å². The standard InChI is InChI=1S/C20H21FN4S/c1-13-4-10-18(11-5-13)22-20(26)23-19-14(2)24-25(15(19)3)12-16-6-8-17(21)9-7-16/h4-11H,12H2,1-3H3,(H2,22,23,26). The zero-order valence-corrected chi connectivity index (χ0v) is 15.8. The van der Waals surface area contributed by atoms with Crippen molar-refractivity contribution in [2.75, 3.05) is 10.6 Å². The Labute approximate surface area is 158 Å². The van der Waals surface area contributed by atoms with Crippen LogP contribution in [-0.4, -0.2) is 14.9 Å². The van der Waals surface area contributed by atoms with E-state index in [0.717, 1.165) is 28.3 Å². The first kappa shape index (κ1) is 18.1. The highest BCUT2D eigenvalue weighted by atomic mass is 32.1. The van der Waals surface area contributed by atoms with Crippen LogP contribution in [0, 0.1) is 26.6 Å². The first-order chi connectivity index (χ1) is 12.4. The molecule has 0 saturated heterocycles. The van der Waals surface area contributed by atoms with E-state index in [1.807, 2.05) is 49.7 Å². The summed E-state index contributed by atoms with van der Waals surface area (Å²) in [6.07, 6.45) is 0. The fourth-order valence-corrected chi connectivity index (χ4v) is 2.93. The quantitative estimate of drug-likeness (QED) is 0.649. The van der Waals surface area contributed by atoms with Crippen molar-refractivity contribution in [2.45, 2.75) is 27.3 Å². The number of rotatable bonds is 4. The van der Waals surface area contributed by atoms with Gasteiger partial charge in [0.15, 0.2) is 5.11 Å². The van der Waals surface area contributed by atoms with Gasteiger partial charge in [0.25, 0.3) is 0 Å². The average molecular weight is 368 g/mol. The number of hydrogen-bond donors (Lipinski definition) is 2. The van der Waals surface area contributed by atoms with Crippen LogP contribution in [0.15, 0.2) is 48.5 Å². The van der Waals surface area contributed by atoms with Crippen LogP contribution in [0.1, 0.15) is 22.5 Å². The Morgan fingerprint density at radius 2 is 1.65 bits per heavy atom. The molecule has 0 atom stereocenters. The number of benzene rings is 2. The number of aromatic nitrogens is 2. The van der Waals surface area contributed by atoms with Gasteiger partial charge in [-0.15, -0.1) is 0 Å². The zero-order chi connectivity index (χ0) is 18.7. The minimum Gasteiger partial charge on any atom is -0.332 e. The van der Waals surface area contributed by atoms with E-state index in [0.29, 0.717) is 11.7 Å². The van der Waals surface area contributed by atoms with E-state index < -0.39 is 0 Å². The summed E-state index contributed by atoms with van der Waals surface area (Å²) in [5.74, 6) is -0.239. The van der Waals surface area contributed by atoms with Crippen LogP contribution in [0.3, 0.4) is 0 Å². The van der Waals surface area contributed by atoms with Crippen LogP contribution in [0.5, 0.6) is 0 Å². The van der Waals surface area contributed by atoms with E-state index >= 15 is 0 Å². The van der Waals surface area contributed by atoms with Crippen molar-refractivity contribution in [3.63, 3.8) is 0 Å². The van der Waals surface area contributed by atoms with Crippen LogP contribution < -0.4 is 10.6 Å². The molecule has 26 heavy (non-hydrogen) atoms. The summed E-state index contributed by atoms with van der Waals surface area (Å²) < 4.78 is 15.0. The predicted octanol–water partition coefficient (Wildman–Crippen LogP) is 4.80. The SMILES string of the molecule is Cc1ccc(NC(=S)Nc2c(C)nn(Cc3ccc(F)cc3)c2C)cc1. The molecule has 3 aromatic rings. The van der Waals surface area contributed by atoms with E-state index in [9.17, 15) is 4.39 Å². The molecule has 1 heterocycles. The highest BCUT2D eigenvalue weighted by Gasteiger charge is 2.13. The van der Waals surface area contributed by atoms with Crippen molar-refractivity contribution in [1.29, 1.82) is 0 Å². The van der Waals surface area contributed by atoms with Crippen molar-refractivity contribution in [3.05, 3.63) is 76.9 Å². The maximum atomic E-state index is 13.1. The third-order valence-corrected chi connectivity index (χ3v) is 4.38. The molecule has 0 aliphatic heterocycles. The first-order valence-electron chi connectivity index (χ1n) is 8.35. The molecule has 0 unspecified atom stereocenters. The predicted molar refractivity (Wildman–Crippen MR) is 108 cm³/mol. The Morgan fingerprint density at radius 1 is 1.00 bits per heavy atom. The highest BCUT2D eigenvalue weighted by Crippen LogP contribution is 2.21. The summed E-state index contributed by atoms with van der Waals surface area (Å²) in [6, 6.07) is 14.5. The van der Waals surface area contributed by atoms with Crippen LogP contribution in [-0.2, 0) is 6.54 Å². The molecule has 0 spiro atoms. The van der Waals surface area contributed by atoms with Crippen molar-refractivity contribution >= 4 is 28.7 Å². The third-order valence-electron chi connectivity index (χ3n) is 4.18. The molecule has 0 saturated carbocycles. The smallest absolute Gasteiger partial charge is 0.175 e. The van der Waals surface area contributed by atoms with Gasteiger partial charge in [-0.2, -0.15) is 5.10 Å². The number of halogens is 1. The van der Waals surface area contributed by atoms with Gasteiger partial charge in [-0.3, -0.25) is 4.68 Å². The van der Waals surface area contributed by atoms with Gasteiger partial charge in [-0.05, 0) is 62.8 Å². The van der Waals surface area contributed by atoms with Gasteiger partial charge >= 0.3 is 0 Å². The average Bonchev–Trinajstić information content (AvgIpc) is 2.86. The van der Waals surface area contributed by atoms with Crippen molar-refractivity contribution in [2.24, 2.45) is 0 Å². The number of anilines is 2. The van der Waals surface area contributed by atoms with E-state index in [-0.39, 0.29) is 5.82 Å². The number of aryl methyl sites for hydroxylation is 2. The topological polar surface area (TPSA) is 41.9 Å². The lowest BCUT2D eigenvalue weighted by atomic mass is 10.2. The van der Waals surface area contributed by atoms with Gasteiger partial charge in [0.1, 0.15) is 5.82 Å². The largest absolute Gasteiger partial charge is 0.332 e. The maximum Gasteiger partial charge on any atom is 0.175 e. The van der Waals surface area contributed by atoms with Gasteiger partial charge in [0, 0.05) is 5.69 Å². The molecule has 2 aromatic carbocycles. The molecule has 0 amide bonds. The van der Waals surface area contributed by atoms with E-state index in [2.05, 4.69) is 15.7 Å². The molecule has 134 valence electrons. The molecule has 0 aliphatic carbocycles. The Kier molecular flexibility index (Phi) is 5.32. The molecule has 2 N–H and O–H groups in total. The van der Waals surface area contributed by atoms with Crippen LogP contribution in [0.4, 0.5) is 15.8 Å². The second kappa shape index (κ2) is 7.66. The summed E-state index contributed by atoms with van der Waals surface area (Å²) in [5.41, 5.74) is 5.84. The minimum atomic E-state index is -0.239. The summed E-state index contributed by atoms with van der Waals surface area (Å²) in [7, 11) is 0. The summed E-state index contributed by atoms with van der Waals surface area (Å²) >= 11 is 5.42. The summed E-state index contributed by atoms with van der Waals surface area (Å²) in [4.78, 5) is 0. The van der Waals surface area contributed by atoms with Gasteiger partial charge in [-0.25, -0.2) is 4.39 Å². The van der Waals surface area contributed by atoms with Crippen LogP contribution in [0.2, 0.25) is 0 Å². The Morgan fingerprint density at radius 3 is 2.31 bits per heavy atom. The lowest BCUT2D eigenvalue weighted by Gasteiger charge is -2.11. The van der Waals surface area contributed by atoms with E-state index in [4.69, 9.17) is 12.2 Å². The first-order valence-corrected chi connectivity index (χ1v) is 8.76. The number of hydrogen-bond acceptors (Lipinski definition) is 2. The monoisotopic (exact) mass is 368 g/mol. The third kappa shape index (κ3) is 4.26. The summed E-state index contributed by atoms with van der Waals surface area (Å²) in [5, 5.41) is 11.5. The number of thiocarbonyl (C=S) groups is 1. The van der Waals surface area contributed by atoms with Gasteiger partial charge in [0.05, 0.1) is 23.6 Å². The molecule has 3 rings (SSSR count). The number of nitrogens with one attached hydrogen (secondary N) is 2. The Bertz CT molecular complexity index is 914. The van der Waals surface area contributed by atoms with Crippen molar-refractivity contribution in [1.82, 2.24) is 9.78 Å². The van der Waals surface area contributed by atoms with Gasteiger partial charge in [0.2, 0.25) is 0 Å². The van der Waals surface area contributed by atoms with Gasteiger partial charge in [-0.1, -0.05) is 29.8 Å². The molecule has 4 nitrogen and oxygen atoms in total. The van der Waals surface area contributed by atoms with E-state index in [1.165, 1.54) is 17.7 Å². The Hall–Kier alpha value is -2.73. The lowest BCUT2D eigenvalue weighted by molar-refractivity contribution is 0.622. The fourth-order valence-electron chi connectivity index (χ4n) is 2.71. The molecule has 6 heteroatoms. The van der Waals surface area contributed by atoms with E-state index in [1.54, 1.807) is 12.1 Å². The number of nitrogens with zero attached hydrogens (tertiary/aromatic N) is 2. The lowest BCUT2D eigenvalue weighted by Crippen LogP contribution is -2.20. The maximum absolute atomic E-state index is 13.1. The molecular weight excluding hydrogens is 347 g/mol. The highest BCUT2D eigenvalue weighted by molar-refractivity contribution is 7.80. The van der Waals surface area contributed by atoms with Crippen molar-refractivity contribution < 1.29 is 4.39 Å². The fraction of sp³-hybridized carbons (Fsp3) is 0.200. The minimum absolute atomic E-state index is 0.239. The van der Waals surface area contributed by atoms with Crippen LogP contribution in [0.25, 0.3) is 0 Å².